The van der Waals surface area contributed by atoms with Crippen LogP contribution >= 0.6 is 0 Å². The van der Waals surface area contributed by atoms with Gasteiger partial charge in [0.15, 0.2) is 0 Å². The fourth-order valence-electron chi connectivity index (χ4n) is 2.08. The van der Waals surface area contributed by atoms with E-state index in [1.54, 1.807) is 13.3 Å². The molecule has 18 heavy (non-hydrogen) atoms. The first kappa shape index (κ1) is 10.8. The SMILES string of the molecule is COc1cc(-c2ccc(C)cc2)c2ccnn2c1. The average molecular weight is 238 g/mol. The molecule has 0 amide bonds. The maximum Gasteiger partial charge on any atom is 0.137 e. The van der Waals surface area contributed by atoms with Crippen molar-refractivity contribution in [3.05, 3.63) is 54.4 Å². The molecular weight excluding hydrogens is 224 g/mol. The van der Waals surface area contributed by atoms with Crippen LogP contribution in [0.15, 0.2) is 48.8 Å². The van der Waals surface area contributed by atoms with E-state index in [2.05, 4.69) is 36.3 Å². The molecule has 1 aromatic carbocycles. The van der Waals surface area contributed by atoms with Crippen LogP contribution in [0.2, 0.25) is 0 Å². The van der Waals surface area contributed by atoms with Crippen molar-refractivity contribution in [3.63, 3.8) is 0 Å². The maximum absolute atomic E-state index is 5.32. The summed E-state index contributed by atoms with van der Waals surface area (Å²) in [6, 6.07) is 12.5. The van der Waals surface area contributed by atoms with Crippen molar-refractivity contribution in [3.8, 4) is 16.9 Å². The number of hydrogen-bond acceptors (Lipinski definition) is 2. The molecule has 0 aliphatic rings. The number of aromatic nitrogens is 2. The van der Waals surface area contributed by atoms with Crippen LogP contribution < -0.4 is 4.74 Å². The highest BCUT2D eigenvalue weighted by Gasteiger charge is 2.07. The molecule has 3 rings (SSSR count). The van der Waals surface area contributed by atoms with Gasteiger partial charge in [-0.05, 0) is 24.6 Å². The molecule has 0 atom stereocenters. The summed E-state index contributed by atoms with van der Waals surface area (Å²) in [5.74, 6) is 0.807. The Labute approximate surface area is 106 Å². The Balaban J connectivity index is 2.26. The van der Waals surface area contributed by atoms with Crippen LogP contribution in [0.4, 0.5) is 0 Å². The van der Waals surface area contributed by atoms with Gasteiger partial charge in [0.05, 0.1) is 25.0 Å². The third-order valence-corrected chi connectivity index (χ3v) is 3.08. The van der Waals surface area contributed by atoms with E-state index in [1.807, 2.05) is 22.8 Å². The normalized spacial score (nSPS) is 10.8. The molecular formula is C15H14N2O. The minimum Gasteiger partial charge on any atom is -0.495 e. The van der Waals surface area contributed by atoms with E-state index in [0.29, 0.717) is 0 Å². The van der Waals surface area contributed by atoms with Gasteiger partial charge in [0.1, 0.15) is 5.75 Å². The summed E-state index contributed by atoms with van der Waals surface area (Å²) >= 11 is 0. The minimum atomic E-state index is 0.807. The van der Waals surface area contributed by atoms with Crippen molar-refractivity contribution in [2.24, 2.45) is 0 Å². The third-order valence-electron chi connectivity index (χ3n) is 3.08. The Morgan fingerprint density at radius 3 is 2.61 bits per heavy atom. The predicted molar refractivity (Wildman–Crippen MR) is 71.9 cm³/mol. The van der Waals surface area contributed by atoms with E-state index in [4.69, 9.17) is 4.74 Å². The fourth-order valence-corrected chi connectivity index (χ4v) is 2.08. The van der Waals surface area contributed by atoms with Crippen LogP contribution in [0.5, 0.6) is 5.75 Å². The molecule has 3 aromatic rings. The van der Waals surface area contributed by atoms with Gasteiger partial charge in [-0.15, -0.1) is 0 Å². The zero-order valence-corrected chi connectivity index (χ0v) is 10.4. The van der Waals surface area contributed by atoms with Crippen molar-refractivity contribution in [2.75, 3.05) is 7.11 Å². The van der Waals surface area contributed by atoms with E-state index in [-0.39, 0.29) is 0 Å². The van der Waals surface area contributed by atoms with Gasteiger partial charge in [0.2, 0.25) is 0 Å². The number of hydrogen-bond donors (Lipinski definition) is 0. The summed E-state index contributed by atoms with van der Waals surface area (Å²) in [4.78, 5) is 0. The van der Waals surface area contributed by atoms with Gasteiger partial charge in [-0.2, -0.15) is 5.10 Å². The van der Waals surface area contributed by atoms with Gasteiger partial charge >= 0.3 is 0 Å². The molecule has 0 radical (unpaired) electrons. The highest BCUT2D eigenvalue weighted by Crippen LogP contribution is 2.28. The molecule has 90 valence electrons. The molecule has 0 spiro atoms. The summed E-state index contributed by atoms with van der Waals surface area (Å²) in [6.07, 6.45) is 3.68. The van der Waals surface area contributed by atoms with Crippen molar-refractivity contribution in [1.82, 2.24) is 9.61 Å². The highest BCUT2D eigenvalue weighted by atomic mass is 16.5. The van der Waals surface area contributed by atoms with Crippen LogP contribution in [0, 0.1) is 6.92 Å². The Kier molecular flexibility index (Phi) is 2.52. The lowest BCUT2D eigenvalue weighted by Gasteiger charge is -2.08. The summed E-state index contributed by atoms with van der Waals surface area (Å²) < 4.78 is 7.16. The van der Waals surface area contributed by atoms with Crippen molar-refractivity contribution >= 4 is 5.52 Å². The molecule has 3 nitrogen and oxygen atoms in total. The third kappa shape index (κ3) is 1.74. The van der Waals surface area contributed by atoms with Crippen LogP contribution in [0.25, 0.3) is 16.6 Å². The van der Waals surface area contributed by atoms with Gasteiger partial charge in [-0.3, -0.25) is 0 Å². The van der Waals surface area contributed by atoms with Crippen LogP contribution in [0.3, 0.4) is 0 Å². The first-order chi connectivity index (χ1) is 8.78. The quantitative estimate of drug-likeness (QED) is 0.684. The van der Waals surface area contributed by atoms with Gasteiger partial charge in [0.25, 0.3) is 0 Å². The van der Waals surface area contributed by atoms with Crippen LogP contribution in [0.1, 0.15) is 5.56 Å². The predicted octanol–water partition coefficient (Wildman–Crippen LogP) is 3.32. The molecule has 0 N–H and O–H groups in total. The molecule has 2 aromatic heterocycles. The molecule has 0 aliphatic heterocycles. The number of ether oxygens (including phenoxy) is 1. The topological polar surface area (TPSA) is 26.5 Å². The van der Waals surface area contributed by atoms with E-state index < -0.39 is 0 Å². The first-order valence-electron chi connectivity index (χ1n) is 5.86. The Morgan fingerprint density at radius 1 is 1.11 bits per heavy atom. The first-order valence-corrected chi connectivity index (χ1v) is 5.86. The van der Waals surface area contributed by atoms with Gasteiger partial charge in [0, 0.05) is 5.56 Å². The molecule has 0 saturated carbocycles. The lowest BCUT2D eigenvalue weighted by atomic mass is 10.0. The Hall–Kier alpha value is -2.29. The Bertz CT molecular complexity index is 683. The van der Waals surface area contributed by atoms with Crippen LogP contribution in [-0.4, -0.2) is 16.7 Å². The molecule has 0 bridgehead atoms. The molecule has 0 unspecified atom stereocenters. The number of aryl methyl sites for hydroxylation is 1. The average Bonchev–Trinajstić information content (AvgIpc) is 2.86. The second kappa shape index (κ2) is 4.18. The number of nitrogens with zero attached hydrogens (tertiary/aromatic N) is 2. The fraction of sp³-hybridized carbons (Fsp3) is 0.133. The second-order valence-corrected chi connectivity index (χ2v) is 4.32. The highest BCUT2D eigenvalue weighted by molar-refractivity contribution is 5.81. The molecule has 0 aliphatic carbocycles. The lowest BCUT2D eigenvalue weighted by molar-refractivity contribution is 0.412. The number of methoxy groups -OCH3 is 1. The number of benzene rings is 1. The standard InChI is InChI=1S/C15H14N2O/c1-11-3-5-12(6-4-11)14-9-13(18-2)10-17-15(14)7-8-16-17/h3-10H,1-2H3. The van der Waals surface area contributed by atoms with Gasteiger partial charge < -0.3 is 4.74 Å². The van der Waals surface area contributed by atoms with Gasteiger partial charge in [-0.1, -0.05) is 29.8 Å². The monoisotopic (exact) mass is 238 g/mol. The summed E-state index contributed by atoms with van der Waals surface area (Å²) in [5, 5.41) is 4.27. The van der Waals surface area contributed by atoms with E-state index >= 15 is 0 Å². The summed E-state index contributed by atoms with van der Waals surface area (Å²) in [6.45, 7) is 2.09. The van der Waals surface area contributed by atoms with Gasteiger partial charge in [-0.25, -0.2) is 4.52 Å². The molecule has 0 fully saturated rings. The lowest BCUT2D eigenvalue weighted by Crippen LogP contribution is -1.93. The molecule has 2 heterocycles. The van der Waals surface area contributed by atoms with E-state index in [0.717, 1.165) is 16.8 Å². The maximum atomic E-state index is 5.32. The van der Waals surface area contributed by atoms with E-state index in [9.17, 15) is 0 Å². The zero-order chi connectivity index (χ0) is 12.5. The van der Waals surface area contributed by atoms with Crippen LogP contribution in [-0.2, 0) is 0 Å². The molecule has 3 heteroatoms. The second-order valence-electron chi connectivity index (χ2n) is 4.32. The van der Waals surface area contributed by atoms with Crippen molar-refractivity contribution < 1.29 is 4.74 Å². The minimum absolute atomic E-state index is 0.807. The Morgan fingerprint density at radius 2 is 1.89 bits per heavy atom. The number of fused-ring (bicyclic) bond motifs is 1. The molecule has 0 saturated heterocycles. The summed E-state index contributed by atoms with van der Waals surface area (Å²) in [7, 11) is 1.67. The number of rotatable bonds is 2. The van der Waals surface area contributed by atoms with E-state index in [1.165, 1.54) is 11.1 Å². The van der Waals surface area contributed by atoms with Crippen molar-refractivity contribution in [2.45, 2.75) is 6.92 Å². The number of pyridine rings is 1. The van der Waals surface area contributed by atoms with Crippen molar-refractivity contribution in [1.29, 1.82) is 0 Å². The largest absolute Gasteiger partial charge is 0.495 e. The smallest absolute Gasteiger partial charge is 0.137 e. The zero-order valence-electron chi connectivity index (χ0n) is 10.4. The summed E-state index contributed by atoms with van der Waals surface area (Å²) in [5.41, 5.74) is 4.64.